The van der Waals surface area contributed by atoms with Crippen molar-refractivity contribution >= 4 is 34.0 Å². The SMILES string of the molecule is O=C(Nc1n[nH]c(-c2cccc3ccccc23)n1)C1=CNc2ccccc2N1. The first kappa shape index (κ1) is 16.1. The van der Waals surface area contributed by atoms with Crippen LogP contribution in [0.2, 0.25) is 0 Å². The first-order chi connectivity index (χ1) is 13.8. The van der Waals surface area contributed by atoms with Crippen molar-refractivity contribution in [3.63, 3.8) is 0 Å². The summed E-state index contributed by atoms with van der Waals surface area (Å²) in [4.78, 5) is 17.0. The molecule has 2 heterocycles. The van der Waals surface area contributed by atoms with Gasteiger partial charge in [0.05, 0.1) is 11.4 Å². The average Bonchev–Trinajstić information content (AvgIpc) is 3.21. The molecule has 3 aromatic carbocycles. The van der Waals surface area contributed by atoms with Gasteiger partial charge in [0.15, 0.2) is 5.82 Å². The summed E-state index contributed by atoms with van der Waals surface area (Å²) in [5.74, 6) is 0.487. The summed E-state index contributed by atoms with van der Waals surface area (Å²) in [5.41, 5.74) is 3.06. The van der Waals surface area contributed by atoms with E-state index >= 15 is 0 Å². The van der Waals surface area contributed by atoms with Gasteiger partial charge >= 0.3 is 0 Å². The van der Waals surface area contributed by atoms with Gasteiger partial charge in [-0.15, -0.1) is 5.10 Å². The van der Waals surface area contributed by atoms with Crippen molar-refractivity contribution < 1.29 is 4.79 Å². The minimum atomic E-state index is -0.328. The zero-order chi connectivity index (χ0) is 18.9. The number of carbonyl (C=O) groups excluding carboxylic acids is 1. The van der Waals surface area contributed by atoms with Crippen LogP contribution in [-0.4, -0.2) is 21.1 Å². The van der Waals surface area contributed by atoms with Gasteiger partial charge in [0.25, 0.3) is 5.91 Å². The van der Waals surface area contributed by atoms with E-state index in [1.165, 1.54) is 0 Å². The highest BCUT2D eigenvalue weighted by Crippen LogP contribution is 2.28. The summed E-state index contributed by atoms with van der Waals surface area (Å²) < 4.78 is 0. The Labute approximate surface area is 160 Å². The number of fused-ring (bicyclic) bond motifs is 2. The van der Waals surface area contributed by atoms with Crippen molar-refractivity contribution in [1.82, 2.24) is 15.2 Å². The van der Waals surface area contributed by atoms with E-state index in [1.54, 1.807) is 6.20 Å². The Morgan fingerprint density at radius 3 is 2.61 bits per heavy atom. The molecule has 136 valence electrons. The number of para-hydroxylation sites is 2. The number of H-pyrrole nitrogens is 1. The molecule has 0 unspecified atom stereocenters. The highest BCUT2D eigenvalue weighted by Gasteiger charge is 2.18. The first-order valence-corrected chi connectivity index (χ1v) is 8.82. The monoisotopic (exact) mass is 368 g/mol. The minimum absolute atomic E-state index is 0.217. The second-order valence-electron chi connectivity index (χ2n) is 6.36. The number of benzene rings is 3. The van der Waals surface area contributed by atoms with E-state index in [2.05, 4.69) is 31.1 Å². The Morgan fingerprint density at radius 2 is 1.68 bits per heavy atom. The average molecular weight is 368 g/mol. The van der Waals surface area contributed by atoms with Crippen LogP contribution in [0.1, 0.15) is 0 Å². The molecule has 1 aromatic heterocycles. The van der Waals surface area contributed by atoms with Crippen LogP contribution < -0.4 is 16.0 Å². The number of amides is 1. The molecule has 28 heavy (non-hydrogen) atoms. The van der Waals surface area contributed by atoms with Crippen LogP contribution in [0, 0.1) is 0 Å². The van der Waals surface area contributed by atoms with E-state index in [-0.39, 0.29) is 11.9 Å². The highest BCUT2D eigenvalue weighted by molar-refractivity contribution is 6.06. The molecule has 5 rings (SSSR count). The Bertz CT molecular complexity index is 1220. The molecular formula is C21H16N6O. The Kier molecular flexibility index (Phi) is 3.76. The van der Waals surface area contributed by atoms with Crippen LogP contribution in [-0.2, 0) is 4.79 Å². The van der Waals surface area contributed by atoms with Gasteiger partial charge in [0.2, 0.25) is 5.95 Å². The zero-order valence-electron chi connectivity index (χ0n) is 14.7. The van der Waals surface area contributed by atoms with E-state index in [9.17, 15) is 4.79 Å². The van der Waals surface area contributed by atoms with E-state index in [0.717, 1.165) is 27.7 Å². The molecule has 0 spiro atoms. The van der Waals surface area contributed by atoms with Crippen LogP contribution in [0.4, 0.5) is 17.3 Å². The maximum Gasteiger partial charge on any atom is 0.276 e. The third-order valence-corrected chi connectivity index (χ3v) is 4.57. The molecule has 4 aromatic rings. The van der Waals surface area contributed by atoms with E-state index in [0.29, 0.717) is 11.5 Å². The third kappa shape index (κ3) is 2.84. The molecule has 1 amide bonds. The van der Waals surface area contributed by atoms with Crippen molar-refractivity contribution in [2.75, 3.05) is 16.0 Å². The summed E-state index contributed by atoms with van der Waals surface area (Å²) >= 11 is 0. The molecule has 0 aliphatic carbocycles. The lowest BCUT2D eigenvalue weighted by Gasteiger charge is -2.19. The molecule has 0 saturated heterocycles. The summed E-state index contributed by atoms with van der Waals surface area (Å²) in [7, 11) is 0. The summed E-state index contributed by atoms with van der Waals surface area (Å²) in [6.07, 6.45) is 1.62. The van der Waals surface area contributed by atoms with E-state index < -0.39 is 0 Å². The predicted molar refractivity (Wildman–Crippen MR) is 110 cm³/mol. The van der Waals surface area contributed by atoms with Crippen LogP contribution in [0.25, 0.3) is 22.2 Å². The Balaban J connectivity index is 1.37. The number of aromatic nitrogens is 3. The quantitative estimate of drug-likeness (QED) is 0.439. The van der Waals surface area contributed by atoms with Gasteiger partial charge in [0, 0.05) is 11.8 Å². The lowest BCUT2D eigenvalue weighted by molar-refractivity contribution is -0.112. The highest BCUT2D eigenvalue weighted by atomic mass is 16.2. The lowest BCUT2D eigenvalue weighted by atomic mass is 10.0. The smallest absolute Gasteiger partial charge is 0.276 e. The second kappa shape index (κ2) is 6.55. The normalized spacial score (nSPS) is 12.5. The maximum absolute atomic E-state index is 12.6. The Hall–Kier alpha value is -4.13. The second-order valence-corrected chi connectivity index (χ2v) is 6.36. The summed E-state index contributed by atoms with van der Waals surface area (Å²) in [6.45, 7) is 0. The maximum atomic E-state index is 12.6. The third-order valence-electron chi connectivity index (χ3n) is 4.57. The number of aromatic amines is 1. The van der Waals surface area contributed by atoms with Gasteiger partial charge in [-0.2, -0.15) is 4.98 Å². The first-order valence-electron chi connectivity index (χ1n) is 8.82. The molecule has 0 bridgehead atoms. The predicted octanol–water partition coefficient (Wildman–Crippen LogP) is 3.94. The Morgan fingerprint density at radius 1 is 0.893 bits per heavy atom. The summed E-state index contributed by atoms with van der Waals surface area (Å²) in [6, 6.07) is 21.7. The fourth-order valence-electron chi connectivity index (χ4n) is 3.21. The van der Waals surface area contributed by atoms with Crippen molar-refractivity contribution in [2.45, 2.75) is 0 Å². The molecule has 4 N–H and O–H groups in total. The molecule has 0 atom stereocenters. The number of nitrogens with zero attached hydrogens (tertiary/aromatic N) is 2. The van der Waals surface area contributed by atoms with Crippen molar-refractivity contribution in [1.29, 1.82) is 0 Å². The van der Waals surface area contributed by atoms with Crippen molar-refractivity contribution in [3.05, 3.63) is 78.6 Å². The number of nitrogens with one attached hydrogen (secondary N) is 4. The zero-order valence-corrected chi connectivity index (χ0v) is 14.7. The van der Waals surface area contributed by atoms with Crippen LogP contribution >= 0.6 is 0 Å². The van der Waals surface area contributed by atoms with E-state index in [4.69, 9.17) is 0 Å². The van der Waals surface area contributed by atoms with Crippen molar-refractivity contribution in [3.8, 4) is 11.4 Å². The largest absolute Gasteiger partial charge is 0.358 e. The molecule has 0 saturated carbocycles. The topological polar surface area (TPSA) is 94.7 Å². The van der Waals surface area contributed by atoms with Crippen molar-refractivity contribution in [2.24, 2.45) is 0 Å². The number of rotatable bonds is 3. The fraction of sp³-hybridized carbons (Fsp3) is 0. The summed E-state index contributed by atoms with van der Waals surface area (Å²) in [5, 5.41) is 18.1. The molecule has 0 radical (unpaired) electrons. The van der Waals surface area contributed by atoms with Gasteiger partial charge in [-0.05, 0) is 22.9 Å². The van der Waals surface area contributed by atoms with Gasteiger partial charge in [-0.1, -0.05) is 54.6 Å². The molecule has 0 fully saturated rings. The number of anilines is 3. The lowest BCUT2D eigenvalue weighted by Crippen LogP contribution is -2.23. The standard InChI is InChI=1S/C21H16N6O/c28-20(18-12-22-16-10-3-4-11-17(16)23-18)25-21-24-19(26-27-21)15-9-5-7-13-6-1-2-8-14(13)15/h1-12,22-23H,(H2,24,25,26,27,28). The van der Waals surface area contributed by atoms with Gasteiger partial charge in [0.1, 0.15) is 5.70 Å². The van der Waals surface area contributed by atoms with E-state index in [1.807, 2.05) is 66.7 Å². The van der Waals surface area contributed by atoms with Crippen LogP contribution in [0.15, 0.2) is 78.6 Å². The van der Waals surface area contributed by atoms with Crippen LogP contribution in [0.3, 0.4) is 0 Å². The number of hydrogen-bond donors (Lipinski definition) is 4. The number of carbonyl (C=O) groups is 1. The molecular weight excluding hydrogens is 352 g/mol. The van der Waals surface area contributed by atoms with Gasteiger partial charge < -0.3 is 10.6 Å². The van der Waals surface area contributed by atoms with Gasteiger partial charge in [-0.3, -0.25) is 15.2 Å². The fourth-order valence-corrected chi connectivity index (χ4v) is 3.21. The molecule has 1 aliphatic rings. The molecule has 1 aliphatic heterocycles. The van der Waals surface area contributed by atoms with Gasteiger partial charge in [-0.25, -0.2) is 0 Å². The minimum Gasteiger partial charge on any atom is -0.358 e. The number of hydrogen-bond acceptors (Lipinski definition) is 5. The van der Waals surface area contributed by atoms with Crippen LogP contribution in [0.5, 0.6) is 0 Å². The molecule has 7 heteroatoms. The molecule has 7 nitrogen and oxygen atoms in total.